The largest absolute Gasteiger partial charge is 0.397 e. The van der Waals surface area contributed by atoms with Gasteiger partial charge in [-0.15, -0.1) is 0 Å². The van der Waals surface area contributed by atoms with Crippen molar-refractivity contribution in [2.75, 3.05) is 13.2 Å². The summed E-state index contributed by atoms with van der Waals surface area (Å²) in [5.74, 6) is 0. The molecule has 0 rings (SSSR count). The second-order valence-electron chi connectivity index (χ2n) is 3.61. The van der Waals surface area contributed by atoms with Crippen molar-refractivity contribution in [3.05, 3.63) is 6.92 Å². The molecule has 0 spiro atoms. The maximum absolute atomic E-state index is 7.57. The van der Waals surface area contributed by atoms with E-state index in [1.165, 1.54) is 44.9 Å². The Bertz CT molecular complexity index is 70.6. The fraction of sp³-hybridized carbons (Fsp3) is 0.929. The van der Waals surface area contributed by atoms with E-state index in [9.17, 15) is 0 Å². The first-order valence-electron chi connectivity index (χ1n) is 6.75. The molecule has 2 nitrogen and oxygen atoms in total. The molecular formula is C14H33O2Zr-. The molecule has 0 aromatic heterocycles. The molecule has 2 N–H and O–H groups in total. The van der Waals surface area contributed by atoms with Gasteiger partial charge >= 0.3 is 0 Å². The van der Waals surface area contributed by atoms with E-state index in [2.05, 4.69) is 13.8 Å². The van der Waals surface area contributed by atoms with Gasteiger partial charge in [0.2, 0.25) is 0 Å². The summed E-state index contributed by atoms with van der Waals surface area (Å²) in [5, 5.41) is 15.1. The predicted octanol–water partition coefficient (Wildman–Crippen LogP) is 3.96. The molecule has 0 aliphatic heterocycles. The molecular weight excluding hydrogens is 291 g/mol. The van der Waals surface area contributed by atoms with Crippen molar-refractivity contribution in [1.82, 2.24) is 0 Å². The van der Waals surface area contributed by atoms with E-state index in [1.807, 2.05) is 0 Å². The van der Waals surface area contributed by atoms with Crippen LogP contribution in [-0.2, 0) is 26.2 Å². The monoisotopic (exact) mass is 323 g/mol. The molecule has 17 heavy (non-hydrogen) atoms. The Balaban J connectivity index is -0.000000102. The average Bonchev–Trinajstić information content (AvgIpc) is 2.26. The summed E-state index contributed by atoms with van der Waals surface area (Å²) in [6.07, 6.45) is 10.9. The average molecular weight is 325 g/mol. The predicted molar refractivity (Wildman–Crippen MR) is 73.5 cm³/mol. The summed E-state index contributed by atoms with van der Waals surface area (Å²) in [7, 11) is 0. The van der Waals surface area contributed by atoms with Gasteiger partial charge < -0.3 is 17.1 Å². The Labute approximate surface area is 128 Å². The van der Waals surface area contributed by atoms with Crippen molar-refractivity contribution in [3.63, 3.8) is 0 Å². The first kappa shape index (κ1) is 26.4. The third kappa shape index (κ3) is 60.5. The van der Waals surface area contributed by atoms with Gasteiger partial charge in [-0.25, -0.2) is 0 Å². The summed E-state index contributed by atoms with van der Waals surface area (Å²) in [6, 6.07) is 0. The summed E-state index contributed by atoms with van der Waals surface area (Å²) in [4.78, 5) is 0. The Kier molecular flexibility index (Phi) is 55.8. The third-order valence-electron chi connectivity index (χ3n) is 1.85. The van der Waals surface area contributed by atoms with E-state index in [1.54, 1.807) is 13.8 Å². The van der Waals surface area contributed by atoms with Crippen LogP contribution in [0.4, 0.5) is 0 Å². The van der Waals surface area contributed by atoms with Crippen molar-refractivity contribution in [3.8, 4) is 0 Å². The van der Waals surface area contributed by atoms with Crippen molar-refractivity contribution < 1.29 is 36.4 Å². The molecule has 0 heterocycles. The smallest absolute Gasteiger partial charge is 0.0402 e. The van der Waals surface area contributed by atoms with Gasteiger partial charge in [-0.1, -0.05) is 51.9 Å². The van der Waals surface area contributed by atoms with Crippen LogP contribution in [0.1, 0.15) is 72.1 Å². The molecule has 0 aromatic rings. The Morgan fingerprint density at radius 3 is 1.29 bits per heavy atom. The number of aliphatic hydroxyl groups excluding tert-OH is 2. The van der Waals surface area contributed by atoms with E-state index >= 15 is 0 Å². The van der Waals surface area contributed by atoms with E-state index in [-0.39, 0.29) is 39.4 Å². The van der Waals surface area contributed by atoms with E-state index in [0.717, 1.165) is 6.42 Å². The topological polar surface area (TPSA) is 40.5 Å². The number of aliphatic hydroxyl groups is 2. The van der Waals surface area contributed by atoms with Crippen molar-refractivity contribution in [2.24, 2.45) is 0 Å². The van der Waals surface area contributed by atoms with Gasteiger partial charge in [0.05, 0.1) is 0 Å². The van der Waals surface area contributed by atoms with Crippen LogP contribution in [0.25, 0.3) is 0 Å². The zero-order chi connectivity index (χ0) is 13.1. The Morgan fingerprint density at radius 1 is 0.706 bits per heavy atom. The van der Waals surface area contributed by atoms with Crippen LogP contribution in [-0.4, -0.2) is 23.4 Å². The van der Waals surface area contributed by atoms with Crippen molar-refractivity contribution in [1.29, 1.82) is 0 Å². The fourth-order valence-electron chi connectivity index (χ4n) is 1.13. The molecule has 0 bridgehead atoms. The zero-order valence-electron chi connectivity index (χ0n) is 12.2. The van der Waals surface area contributed by atoms with E-state index in [4.69, 9.17) is 10.2 Å². The van der Waals surface area contributed by atoms with Crippen LogP contribution in [0.3, 0.4) is 0 Å². The second-order valence-corrected chi connectivity index (χ2v) is 3.61. The number of rotatable bonds is 7. The first-order chi connectivity index (χ1) is 7.74. The molecule has 0 saturated carbocycles. The molecule has 106 valence electrons. The maximum Gasteiger partial charge on any atom is 0.0402 e. The molecule has 3 heteroatoms. The quantitative estimate of drug-likeness (QED) is 0.550. The third-order valence-corrected chi connectivity index (χ3v) is 1.85. The standard InChI is InChI=1S/C10H21.2C2H6O.Zr/c1-3-5-7-9-10-8-6-4-2;2*1-2-3;/h1,3-10H2,2H3;2*3H,2H2,1H3;/q-1;;;. The molecule has 0 aliphatic rings. The first-order valence-corrected chi connectivity index (χ1v) is 6.75. The zero-order valence-corrected chi connectivity index (χ0v) is 14.6. The van der Waals surface area contributed by atoms with Crippen LogP contribution in [0, 0.1) is 6.92 Å². The minimum absolute atomic E-state index is 0. The summed E-state index contributed by atoms with van der Waals surface area (Å²) >= 11 is 0. The summed E-state index contributed by atoms with van der Waals surface area (Å²) in [5.41, 5.74) is 0. The van der Waals surface area contributed by atoms with Crippen LogP contribution < -0.4 is 0 Å². The molecule has 0 radical (unpaired) electrons. The molecule has 0 fully saturated rings. The molecule has 0 saturated heterocycles. The van der Waals surface area contributed by atoms with Gasteiger partial charge in [0, 0.05) is 39.4 Å². The van der Waals surface area contributed by atoms with Crippen LogP contribution in [0.2, 0.25) is 0 Å². The van der Waals surface area contributed by atoms with Gasteiger partial charge in [0.15, 0.2) is 0 Å². The second kappa shape index (κ2) is 36.0. The van der Waals surface area contributed by atoms with Gasteiger partial charge in [-0.05, 0) is 13.8 Å². The number of unbranched alkanes of at least 4 members (excludes halogenated alkanes) is 7. The molecule has 0 amide bonds. The normalized spacial score (nSPS) is 8.12. The minimum Gasteiger partial charge on any atom is -0.397 e. The molecule has 0 aromatic carbocycles. The number of hydrogen-bond acceptors (Lipinski definition) is 2. The van der Waals surface area contributed by atoms with E-state index < -0.39 is 0 Å². The minimum atomic E-state index is 0. The van der Waals surface area contributed by atoms with Crippen molar-refractivity contribution >= 4 is 0 Å². The van der Waals surface area contributed by atoms with Gasteiger partial charge in [-0.3, -0.25) is 0 Å². The summed E-state index contributed by atoms with van der Waals surface area (Å²) in [6.45, 7) is 9.94. The van der Waals surface area contributed by atoms with Crippen LogP contribution in [0.15, 0.2) is 0 Å². The van der Waals surface area contributed by atoms with E-state index in [0.29, 0.717) is 0 Å². The molecule has 0 unspecified atom stereocenters. The molecule has 0 atom stereocenters. The van der Waals surface area contributed by atoms with Crippen LogP contribution in [0.5, 0.6) is 0 Å². The summed E-state index contributed by atoms with van der Waals surface area (Å²) < 4.78 is 0. The van der Waals surface area contributed by atoms with Gasteiger partial charge in [0.1, 0.15) is 0 Å². The fourth-order valence-corrected chi connectivity index (χ4v) is 1.13. The van der Waals surface area contributed by atoms with Gasteiger partial charge in [-0.2, -0.15) is 6.42 Å². The SMILES string of the molecule is CCO.CCO.[CH2-]CCCCCCCCC.[Zr]. The maximum atomic E-state index is 7.57. The van der Waals surface area contributed by atoms with Gasteiger partial charge in [0.25, 0.3) is 0 Å². The Morgan fingerprint density at radius 2 is 1.00 bits per heavy atom. The van der Waals surface area contributed by atoms with Crippen molar-refractivity contribution in [2.45, 2.75) is 72.1 Å². The Hall–Kier alpha value is 0.803. The molecule has 0 aliphatic carbocycles. The number of hydrogen-bond donors (Lipinski definition) is 2. The van der Waals surface area contributed by atoms with Crippen LogP contribution >= 0.6 is 0 Å².